The summed E-state index contributed by atoms with van der Waals surface area (Å²) in [5.41, 5.74) is 1.27. The minimum atomic E-state index is -0.278. The average Bonchev–Trinajstić information content (AvgIpc) is 3.57. The number of carbonyl (C=O) groups excluding carboxylic acids is 1. The Bertz CT molecular complexity index is 1130. The number of methoxy groups -OCH3 is 2. The van der Waals surface area contributed by atoms with E-state index in [2.05, 4.69) is 10.1 Å². The van der Waals surface area contributed by atoms with Gasteiger partial charge in [0.05, 0.1) is 14.2 Å². The number of amides is 1. The van der Waals surface area contributed by atoms with Gasteiger partial charge >= 0.3 is 0 Å². The number of aromatic nitrogens is 2. The van der Waals surface area contributed by atoms with E-state index >= 15 is 0 Å². The molecule has 9 heteroatoms. The number of carbonyl (C=O) groups is 1. The topological polar surface area (TPSA) is 96.2 Å². The number of hydrogen-bond acceptors (Lipinski definition) is 8. The van der Waals surface area contributed by atoms with Crippen molar-refractivity contribution in [3.63, 3.8) is 0 Å². The van der Waals surface area contributed by atoms with E-state index in [1.807, 2.05) is 6.07 Å². The first kappa shape index (κ1) is 19.2. The molecule has 1 fully saturated rings. The van der Waals surface area contributed by atoms with Gasteiger partial charge in [-0.25, -0.2) is 0 Å². The zero-order valence-corrected chi connectivity index (χ0v) is 17.2. The van der Waals surface area contributed by atoms with Gasteiger partial charge in [0.25, 0.3) is 5.91 Å². The van der Waals surface area contributed by atoms with Crippen LogP contribution in [0.5, 0.6) is 23.0 Å². The predicted octanol–water partition coefficient (Wildman–Crippen LogP) is 3.46. The average molecular weight is 423 g/mol. The van der Waals surface area contributed by atoms with Gasteiger partial charge in [-0.05, 0) is 49.2 Å². The van der Waals surface area contributed by atoms with Crippen molar-refractivity contribution in [3.8, 4) is 34.4 Å². The fourth-order valence-corrected chi connectivity index (χ4v) is 3.93. The van der Waals surface area contributed by atoms with Gasteiger partial charge in [-0.3, -0.25) is 4.79 Å². The largest absolute Gasteiger partial charge is 0.493 e. The minimum Gasteiger partial charge on any atom is -0.493 e. The van der Waals surface area contributed by atoms with Crippen molar-refractivity contribution in [2.45, 2.75) is 18.9 Å². The highest BCUT2D eigenvalue weighted by molar-refractivity contribution is 5.95. The summed E-state index contributed by atoms with van der Waals surface area (Å²) in [6, 6.07) is 10.3. The SMILES string of the molecule is COc1ccc(-c2noc([C@@H]3CCCN3C(=O)c3ccc4c(c3)OCO4)n2)cc1OC. The summed E-state index contributed by atoms with van der Waals surface area (Å²) in [6.45, 7) is 0.784. The van der Waals surface area contributed by atoms with Crippen molar-refractivity contribution in [1.29, 1.82) is 0 Å². The first-order valence-corrected chi connectivity index (χ1v) is 9.94. The quantitative estimate of drug-likeness (QED) is 0.616. The van der Waals surface area contributed by atoms with Gasteiger partial charge < -0.3 is 28.4 Å². The van der Waals surface area contributed by atoms with Gasteiger partial charge in [0.15, 0.2) is 23.0 Å². The molecule has 1 atom stereocenters. The lowest BCUT2D eigenvalue weighted by Crippen LogP contribution is -2.30. The van der Waals surface area contributed by atoms with Crippen molar-refractivity contribution >= 4 is 5.91 Å². The molecule has 2 aliphatic rings. The maximum Gasteiger partial charge on any atom is 0.254 e. The fourth-order valence-electron chi connectivity index (χ4n) is 3.93. The van der Waals surface area contributed by atoms with Crippen LogP contribution >= 0.6 is 0 Å². The van der Waals surface area contributed by atoms with Crippen LogP contribution in [0.15, 0.2) is 40.9 Å². The smallest absolute Gasteiger partial charge is 0.254 e. The summed E-state index contributed by atoms with van der Waals surface area (Å²) in [5.74, 6) is 3.15. The Hall–Kier alpha value is -3.75. The van der Waals surface area contributed by atoms with Crippen LogP contribution in [0.25, 0.3) is 11.4 Å². The van der Waals surface area contributed by atoms with Crippen molar-refractivity contribution in [3.05, 3.63) is 47.9 Å². The number of ether oxygens (including phenoxy) is 4. The van der Waals surface area contributed by atoms with E-state index in [1.165, 1.54) is 0 Å². The molecular weight excluding hydrogens is 402 g/mol. The molecule has 0 saturated carbocycles. The van der Waals surface area contributed by atoms with Gasteiger partial charge in [-0.2, -0.15) is 4.98 Å². The highest BCUT2D eigenvalue weighted by atomic mass is 16.7. The van der Waals surface area contributed by atoms with Crippen molar-refractivity contribution in [1.82, 2.24) is 15.0 Å². The number of hydrogen-bond donors (Lipinski definition) is 0. The molecule has 0 radical (unpaired) electrons. The molecule has 2 aliphatic heterocycles. The van der Waals surface area contributed by atoms with E-state index in [1.54, 1.807) is 49.5 Å². The van der Waals surface area contributed by atoms with Crippen LogP contribution < -0.4 is 18.9 Å². The molecule has 3 aromatic rings. The molecule has 2 aromatic carbocycles. The Morgan fingerprint density at radius 3 is 2.74 bits per heavy atom. The lowest BCUT2D eigenvalue weighted by molar-refractivity contribution is 0.0709. The Morgan fingerprint density at radius 2 is 1.90 bits per heavy atom. The summed E-state index contributed by atoms with van der Waals surface area (Å²) >= 11 is 0. The second kappa shape index (κ2) is 7.82. The van der Waals surface area contributed by atoms with Gasteiger partial charge in [0, 0.05) is 17.7 Å². The minimum absolute atomic E-state index is 0.105. The van der Waals surface area contributed by atoms with Crippen LogP contribution in [0.2, 0.25) is 0 Å². The van der Waals surface area contributed by atoms with Crippen LogP contribution in [-0.4, -0.2) is 48.5 Å². The molecule has 0 aliphatic carbocycles. The monoisotopic (exact) mass is 423 g/mol. The standard InChI is InChI=1S/C22H21N3O6/c1-27-16-7-5-13(10-18(16)28-2)20-23-21(31-24-20)15-4-3-9-25(15)22(26)14-6-8-17-19(11-14)30-12-29-17/h5-8,10-11,15H,3-4,9,12H2,1-2H3/t15-/m0/s1. The second-order valence-corrected chi connectivity index (χ2v) is 7.25. The summed E-state index contributed by atoms with van der Waals surface area (Å²) in [4.78, 5) is 19.5. The van der Waals surface area contributed by atoms with E-state index in [-0.39, 0.29) is 18.7 Å². The predicted molar refractivity (Wildman–Crippen MR) is 108 cm³/mol. The Kier molecular flexibility index (Phi) is 4.85. The van der Waals surface area contributed by atoms with E-state index in [4.69, 9.17) is 23.5 Å². The normalized spacial score (nSPS) is 17.1. The molecular formula is C22H21N3O6. The fraction of sp³-hybridized carbons (Fsp3) is 0.318. The van der Waals surface area contributed by atoms with Gasteiger partial charge in [-0.15, -0.1) is 0 Å². The molecule has 0 N–H and O–H groups in total. The van der Waals surface area contributed by atoms with E-state index in [0.29, 0.717) is 46.8 Å². The molecule has 5 rings (SSSR count). The molecule has 1 aromatic heterocycles. The zero-order valence-electron chi connectivity index (χ0n) is 17.2. The molecule has 160 valence electrons. The third-order valence-electron chi connectivity index (χ3n) is 5.50. The van der Waals surface area contributed by atoms with Crippen LogP contribution in [0.4, 0.5) is 0 Å². The van der Waals surface area contributed by atoms with Crippen LogP contribution in [0, 0.1) is 0 Å². The number of nitrogens with zero attached hydrogens (tertiary/aromatic N) is 3. The second-order valence-electron chi connectivity index (χ2n) is 7.25. The maximum absolute atomic E-state index is 13.2. The summed E-state index contributed by atoms with van der Waals surface area (Å²) < 4.78 is 26.9. The van der Waals surface area contributed by atoms with Crippen molar-refractivity contribution in [2.75, 3.05) is 27.6 Å². The van der Waals surface area contributed by atoms with Crippen LogP contribution in [0.3, 0.4) is 0 Å². The van der Waals surface area contributed by atoms with Crippen LogP contribution in [0.1, 0.15) is 35.1 Å². The molecule has 0 spiro atoms. The highest BCUT2D eigenvalue weighted by Gasteiger charge is 2.35. The lowest BCUT2D eigenvalue weighted by atomic mass is 10.1. The van der Waals surface area contributed by atoms with Crippen molar-refractivity contribution in [2.24, 2.45) is 0 Å². The van der Waals surface area contributed by atoms with E-state index in [0.717, 1.165) is 18.4 Å². The Morgan fingerprint density at radius 1 is 1.06 bits per heavy atom. The Balaban J connectivity index is 1.39. The molecule has 9 nitrogen and oxygen atoms in total. The first-order valence-electron chi connectivity index (χ1n) is 9.94. The molecule has 3 heterocycles. The lowest BCUT2D eigenvalue weighted by Gasteiger charge is -2.22. The highest BCUT2D eigenvalue weighted by Crippen LogP contribution is 2.37. The van der Waals surface area contributed by atoms with Gasteiger partial charge in [0.1, 0.15) is 6.04 Å². The zero-order chi connectivity index (χ0) is 21.4. The molecule has 0 unspecified atom stereocenters. The number of fused-ring (bicyclic) bond motifs is 1. The van der Waals surface area contributed by atoms with Gasteiger partial charge in [0.2, 0.25) is 18.5 Å². The van der Waals surface area contributed by atoms with Crippen molar-refractivity contribution < 1.29 is 28.3 Å². The third kappa shape index (κ3) is 3.41. The maximum atomic E-state index is 13.2. The van der Waals surface area contributed by atoms with Gasteiger partial charge in [-0.1, -0.05) is 5.16 Å². The number of rotatable bonds is 5. The molecule has 0 bridgehead atoms. The summed E-state index contributed by atoms with van der Waals surface area (Å²) in [5, 5.41) is 4.12. The molecule has 1 amide bonds. The number of likely N-dealkylation sites (tertiary alicyclic amines) is 1. The number of benzene rings is 2. The van der Waals surface area contributed by atoms with E-state index in [9.17, 15) is 4.79 Å². The van der Waals surface area contributed by atoms with E-state index < -0.39 is 0 Å². The summed E-state index contributed by atoms with van der Waals surface area (Å²) in [7, 11) is 3.15. The summed E-state index contributed by atoms with van der Waals surface area (Å²) in [6.07, 6.45) is 1.61. The third-order valence-corrected chi connectivity index (χ3v) is 5.50. The first-order chi connectivity index (χ1) is 15.2. The molecule has 31 heavy (non-hydrogen) atoms. The molecule has 1 saturated heterocycles. The Labute approximate surface area is 178 Å². The van der Waals surface area contributed by atoms with Crippen LogP contribution in [-0.2, 0) is 0 Å².